The van der Waals surface area contributed by atoms with Crippen molar-refractivity contribution in [3.63, 3.8) is 0 Å². The fourth-order valence-corrected chi connectivity index (χ4v) is 4.22. The number of thioether (sulfide) groups is 1. The Labute approximate surface area is 155 Å². The molecule has 0 unspecified atom stereocenters. The normalized spacial score (nSPS) is 11.0. The van der Waals surface area contributed by atoms with Crippen molar-refractivity contribution in [3.05, 3.63) is 22.3 Å². The molecular formula is C16H22N4O3S2. The van der Waals surface area contributed by atoms with Crippen LogP contribution in [0, 0.1) is 6.92 Å². The zero-order chi connectivity index (χ0) is 18.6. The summed E-state index contributed by atoms with van der Waals surface area (Å²) < 4.78 is 6.76. The minimum absolute atomic E-state index is 0.185. The van der Waals surface area contributed by atoms with Gasteiger partial charge in [0, 0.05) is 10.9 Å². The number of amides is 1. The number of nitrogens with one attached hydrogen (secondary N) is 1. The van der Waals surface area contributed by atoms with Gasteiger partial charge in [-0.15, -0.1) is 21.5 Å². The highest BCUT2D eigenvalue weighted by Gasteiger charge is 2.19. The lowest BCUT2D eigenvalue weighted by molar-refractivity contribution is -0.113. The van der Waals surface area contributed by atoms with Crippen LogP contribution in [0.4, 0.5) is 5.00 Å². The largest absolute Gasteiger partial charge is 0.465 e. The highest BCUT2D eigenvalue weighted by molar-refractivity contribution is 7.99. The Bertz CT molecular complexity index is 768. The number of anilines is 1. The van der Waals surface area contributed by atoms with Crippen molar-refractivity contribution in [2.45, 2.75) is 45.3 Å². The average Bonchev–Trinajstić information content (AvgIpc) is 3.15. The van der Waals surface area contributed by atoms with Crippen LogP contribution in [0.1, 0.15) is 47.9 Å². The molecule has 0 aliphatic rings. The Morgan fingerprint density at radius 1 is 1.40 bits per heavy atom. The van der Waals surface area contributed by atoms with Gasteiger partial charge >= 0.3 is 5.97 Å². The Balaban J connectivity index is 2.06. The highest BCUT2D eigenvalue weighted by atomic mass is 32.2. The van der Waals surface area contributed by atoms with Gasteiger partial charge in [0.2, 0.25) is 5.91 Å². The Morgan fingerprint density at radius 3 is 2.72 bits per heavy atom. The molecule has 2 aromatic rings. The minimum atomic E-state index is -0.450. The van der Waals surface area contributed by atoms with Gasteiger partial charge in [-0.25, -0.2) is 4.79 Å². The summed E-state index contributed by atoms with van der Waals surface area (Å²) in [5.41, 5.74) is 0.392. The van der Waals surface area contributed by atoms with Gasteiger partial charge in [-0.05, 0) is 33.3 Å². The zero-order valence-corrected chi connectivity index (χ0v) is 16.6. The first kappa shape index (κ1) is 19.5. The number of nitrogens with zero attached hydrogens (tertiary/aromatic N) is 3. The smallest absolute Gasteiger partial charge is 0.340 e. The van der Waals surface area contributed by atoms with Crippen LogP contribution in [0.3, 0.4) is 0 Å². The fourth-order valence-electron chi connectivity index (χ4n) is 2.31. The molecule has 25 heavy (non-hydrogen) atoms. The summed E-state index contributed by atoms with van der Waals surface area (Å²) in [7, 11) is 1.33. The first-order valence-corrected chi connectivity index (χ1v) is 9.72. The van der Waals surface area contributed by atoms with E-state index in [1.165, 1.54) is 30.2 Å². The van der Waals surface area contributed by atoms with Gasteiger partial charge in [0.1, 0.15) is 10.8 Å². The molecule has 9 heteroatoms. The van der Waals surface area contributed by atoms with Crippen LogP contribution in [0.2, 0.25) is 0 Å². The molecule has 0 fully saturated rings. The van der Waals surface area contributed by atoms with Crippen LogP contribution >= 0.6 is 23.1 Å². The molecule has 0 aliphatic carbocycles. The lowest BCUT2D eigenvalue weighted by Crippen LogP contribution is -2.16. The second kappa shape index (κ2) is 8.48. The maximum atomic E-state index is 12.3. The molecule has 2 heterocycles. The van der Waals surface area contributed by atoms with Gasteiger partial charge < -0.3 is 14.6 Å². The summed E-state index contributed by atoms with van der Waals surface area (Å²) >= 11 is 2.71. The number of aryl methyl sites for hydroxylation is 2. The summed E-state index contributed by atoms with van der Waals surface area (Å²) in [5, 5.41) is 12.2. The van der Waals surface area contributed by atoms with E-state index in [0.29, 0.717) is 15.7 Å². The second-order valence-corrected chi connectivity index (χ2v) is 7.71. The van der Waals surface area contributed by atoms with Gasteiger partial charge in [-0.1, -0.05) is 18.7 Å². The van der Waals surface area contributed by atoms with Crippen LogP contribution in [-0.2, 0) is 16.0 Å². The maximum absolute atomic E-state index is 12.3. The van der Waals surface area contributed by atoms with Crippen LogP contribution in [0.15, 0.2) is 11.2 Å². The third kappa shape index (κ3) is 4.60. The highest BCUT2D eigenvalue weighted by Crippen LogP contribution is 2.30. The lowest BCUT2D eigenvalue weighted by atomic mass is 10.2. The van der Waals surface area contributed by atoms with Crippen molar-refractivity contribution in [2.24, 2.45) is 0 Å². The third-order valence-electron chi connectivity index (χ3n) is 3.47. The van der Waals surface area contributed by atoms with E-state index in [1.54, 1.807) is 6.07 Å². The van der Waals surface area contributed by atoms with E-state index in [-0.39, 0.29) is 17.7 Å². The molecule has 0 radical (unpaired) electrons. The van der Waals surface area contributed by atoms with Crippen LogP contribution < -0.4 is 5.32 Å². The number of hydrogen-bond acceptors (Lipinski definition) is 7. The third-order valence-corrected chi connectivity index (χ3v) is 5.61. The van der Waals surface area contributed by atoms with Crippen molar-refractivity contribution in [1.29, 1.82) is 0 Å². The maximum Gasteiger partial charge on any atom is 0.340 e. The zero-order valence-electron chi connectivity index (χ0n) is 15.0. The molecule has 1 amide bonds. The Morgan fingerprint density at radius 2 is 2.12 bits per heavy atom. The van der Waals surface area contributed by atoms with Gasteiger partial charge in [0.25, 0.3) is 0 Å². The number of carbonyl (C=O) groups is 2. The molecule has 0 saturated carbocycles. The standard InChI is InChI=1S/C16H22N4O3S2/c1-6-11-7-12(15(22)23-5)14(25-11)17-13(21)8-24-16-19-18-10(4)20(16)9(2)3/h7,9H,6,8H2,1-5H3,(H,17,21). The summed E-state index contributed by atoms with van der Waals surface area (Å²) in [6.07, 6.45) is 0.788. The molecule has 0 bridgehead atoms. The molecule has 2 aromatic heterocycles. The van der Waals surface area contributed by atoms with Gasteiger partial charge in [0.05, 0.1) is 18.4 Å². The fraction of sp³-hybridized carbons (Fsp3) is 0.500. The monoisotopic (exact) mass is 382 g/mol. The van der Waals surface area contributed by atoms with Gasteiger partial charge in [-0.2, -0.15) is 0 Å². The van der Waals surface area contributed by atoms with E-state index in [0.717, 1.165) is 17.1 Å². The number of hydrogen-bond donors (Lipinski definition) is 1. The summed E-state index contributed by atoms with van der Waals surface area (Å²) in [6.45, 7) is 7.97. The van der Waals surface area contributed by atoms with Crippen LogP contribution in [0.25, 0.3) is 0 Å². The first-order chi connectivity index (χ1) is 11.9. The number of rotatable bonds is 7. The number of esters is 1. The van der Waals surface area contributed by atoms with E-state index >= 15 is 0 Å². The predicted octanol–water partition coefficient (Wildman–Crippen LogP) is 3.31. The van der Waals surface area contributed by atoms with Gasteiger partial charge in [0.15, 0.2) is 5.16 Å². The number of aromatic nitrogens is 3. The molecule has 1 N–H and O–H groups in total. The van der Waals surface area contributed by atoms with E-state index in [1.807, 2.05) is 32.3 Å². The van der Waals surface area contributed by atoms with E-state index in [4.69, 9.17) is 4.74 Å². The molecule has 0 atom stereocenters. The van der Waals surface area contributed by atoms with Crippen molar-refractivity contribution in [1.82, 2.24) is 14.8 Å². The Hall–Kier alpha value is -1.87. The Kier molecular flexibility index (Phi) is 6.60. The van der Waals surface area contributed by atoms with E-state index < -0.39 is 5.97 Å². The topological polar surface area (TPSA) is 86.1 Å². The quantitative estimate of drug-likeness (QED) is 0.584. The number of ether oxygens (including phenoxy) is 1. The molecule has 0 spiro atoms. The number of thiophene rings is 1. The minimum Gasteiger partial charge on any atom is -0.465 e. The molecular weight excluding hydrogens is 360 g/mol. The van der Waals surface area contributed by atoms with Gasteiger partial charge in [-0.3, -0.25) is 4.79 Å². The van der Waals surface area contributed by atoms with Crippen molar-refractivity contribution in [2.75, 3.05) is 18.2 Å². The summed E-state index contributed by atoms with van der Waals surface area (Å²) in [5.74, 6) is 0.353. The van der Waals surface area contributed by atoms with Crippen molar-refractivity contribution in [3.8, 4) is 0 Å². The van der Waals surface area contributed by atoms with E-state index in [9.17, 15) is 9.59 Å². The molecule has 2 rings (SSSR count). The predicted molar refractivity (Wildman–Crippen MR) is 99.5 cm³/mol. The van der Waals surface area contributed by atoms with E-state index in [2.05, 4.69) is 15.5 Å². The molecule has 136 valence electrons. The molecule has 0 aromatic carbocycles. The SMILES string of the molecule is CCc1cc(C(=O)OC)c(NC(=O)CSc2nnc(C)n2C(C)C)s1. The molecule has 0 saturated heterocycles. The lowest BCUT2D eigenvalue weighted by Gasteiger charge is -2.11. The van der Waals surface area contributed by atoms with Crippen molar-refractivity contribution < 1.29 is 14.3 Å². The first-order valence-electron chi connectivity index (χ1n) is 7.92. The second-order valence-electron chi connectivity index (χ2n) is 5.63. The van der Waals surface area contributed by atoms with Crippen LogP contribution in [0.5, 0.6) is 0 Å². The number of methoxy groups -OCH3 is 1. The molecule has 0 aliphatic heterocycles. The summed E-state index contributed by atoms with van der Waals surface area (Å²) in [4.78, 5) is 25.2. The average molecular weight is 383 g/mol. The van der Waals surface area contributed by atoms with Crippen molar-refractivity contribution >= 4 is 40.0 Å². The van der Waals surface area contributed by atoms with Crippen LogP contribution in [-0.4, -0.2) is 39.5 Å². The summed E-state index contributed by atoms with van der Waals surface area (Å²) in [6, 6.07) is 1.98. The molecule has 7 nitrogen and oxygen atoms in total. The number of carbonyl (C=O) groups excluding carboxylic acids is 2.